The number of aryl methyl sites for hydroxylation is 1. The van der Waals surface area contributed by atoms with Crippen molar-refractivity contribution in [1.82, 2.24) is 19.4 Å². The first-order chi connectivity index (χ1) is 18.2. The molecule has 3 aromatic rings. The first-order valence-corrected chi connectivity index (χ1v) is 12.5. The van der Waals surface area contributed by atoms with Gasteiger partial charge in [-0.05, 0) is 57.7 Å². The molecule has 1 unspecified atom stereocenters. The van der Waals surface area contributed by atoms with Crippen LogP contribution in [0.2, 0.25) is 0 Å². The molecule has 2 aliphatic rings. The summed E-state index contributed by atoms with van der Waals surface area (Å²) < 4.78 is 45.9. The number of carbonyl (C=O) groups is 2. The summed E-state index contributed by atoms with van der Waals surface area (Å²) >= 11 is 0. The third-order valence-electron chi connectivity index (χ3n) is 7.16. The standard InChI is InChI=1S/C27H28F3N5O4/c1-25(2,3)39-24(38)35-12-9-18(26(10-11-26)23(35)37)33-21-19-20(32-14-34(4)22(19)36)17(13-31-21)15-5-7-16(8-6-15)27(28,29)30/h5-8,13-14,18H,9-12H2,1-4H3,(H,31,33). The van der Waals surface area contributed by atoms with Crippen LogP contribution in [-0.4, -0.2) is 49.6 Å². The number of carbonyl (C=O) groups excluding carboxylic acids is 2. The van der Waals surface area contributed by atoms with Crippen molar-refractivity contribution >= 4 is 28.7 Å². The first-order valence-electron chi connectivity index (χ1n) is 12.5. The molecule has 12 heteroatoms. The summed E-state index contributed by atoms with van der Waals surface area (Å²) in [4.78, 5) is 49.3. The summed E-state index contributed by atoms with van der Waals surface area (Å²) in [5.74, 6) is -0.0960. The van der Waals surface area contributed by atoms with Gasteiger partial charge in [-0.25, -0.2) is 19.7 Å². The maximum absolute atomic E-state index is 13.4. The van der Waals surface area contributed by atoms with Crippen molar-refractivity contribution in [1.29, 1.82) is 0 Å². The second-order valence-electron chi connectivity index (χ2n) is 11.1. The molecule has 2 fully saturated rings. The predicted molar refractivity (Wildman–Crippen MR) is 137 cm³/mol. The molecule has 9 nitrogen and oxygen atoms in total. The number of piperidine rings is 1. The van der Waals surface area contributed by atoms with Crippen molar-refractivity contribution in [3.63, 3.8) is 0 Å². The quantitative estimate of drug-likeness (QED) is 0.509. The second kappa shape index (κ2) is 9.06. The lowest BCUT2D eigenvalue weighted by molar-refractivity contribution is -0.139. The van der Waals surface area contributed by atoms with Crippen LogP contribution in [0.1, 0.15) is 45.6 Å². The second-order valence-corrected chi connectivity index (χ2v) is 11.1. The van der Waals surface area contributed by atoms with E-state index in [0.29, 0.717) is 30.4 Å². The number of imide groups is 1. The normalized spacial score (nSPS) is 18.9. The molecule has 3 heterocycles. The number of rotatable bonds is 3. The Bertz CT molecular complexity index is 1520. The van der Waals surface area contributed by atoms with Crippen molar-refractivity contribution < 1.29 is 27.5 Å². The zero-order valence-corrected chi connectivity index (χ0v) is 21.9. The van der Waals surface area contributed by atoms with Gasteiger partial charge in [0.1, 0.15) is 16.8 Å². The fourth-order valence-electron chi connectivity index (χ4n) is 4.99. The fraction of sp³-hybridized carbons (Fsp3) is 0.444. The Labute approximate surface area is 222 Å². The number of nitrogens with one attached hydrogen (secondary N) is 1. The van der Waals surface area contributed by atoms with E-state index in [1.807, 2.05) is 0 Å². The molecule has 0 bridgehead atoms. The van der Waals surface area contributed by atoms with Gasteiger partial charge in [0.2, 0.25) is 5.91 Å². The van der Waals surface area contributed by atoms with Gasteiger partial charge in [-0.1, -0.05) is 12.1 Å². The van der Waals surface area contributed by atoms with Gasteiger partial charge in [-0.15, -0.1) is 0 Å². The van der Waals surface area contributed by atoms with Gasteiger partial charge < -0.3 is 14.6 Å². The van der Waals surface area contributed by atoms with E-state index in [-0.39, 0.29) is 35.2 Å². The van der Waals surface area contributed by atoms with Crippen LogP contribution >= 0.6 is 0 Å². The monoisotopic (exact) mass is 543 g/mol. The lowest BCUT2D eigenvalue weighted by Gasteiger charge is -2.38. The number of likely N-dealkylation sites (tertiary alicyclic amines) is 1. The molecule has 1 saturated carbocycles. The minimum atomic E-state index is -4.48. The number of halogens is 3. The summed E-state index contributed by atoms with van der Waals surface area (Å²) in [6, 6.07) is 4.18. The summed E-state index contributed by atoms with van der Waals surface area (Å²) in [6.45, 7) is 5.34. The first kappa shape index (κ1) is 26.6. The van der Waals surface area contributed by atoms with Crippen LogP contribution in [0.5, 0.6) is 0 Å². The Kier molecular flexibility index (Phi) is 6.19. The molecule has 1 aliphatic heterocycles. The van der Waals surface area contributed by atoms with E-state index in [1.165, 1.54) is 36.3 Å². The highest BCUT2D eigenvalue weighted by atomic mass is 19.4. The van der Waals surface area contributed by atoms with E-state index in [4.69, 9.17) is 4.74 Å². The molecule has 2 amide bonds. The Hall–Kier alpha value is -3.96. The zero-order chi connectivity index (χ0) is 28.3. The number of nitrogens with zero attached hydrogens (tertiary/aromatic N) is 4. The molecule has 1 atom stereocenters. The van der Waals surface area contributed by atoms with E-state index in [2.05, 4.69) is 15.3 Å². The summed E-state index contributed by atoms with van der Waals surface area (Å²) in [7, 11) is 1.54. The third kappa shape index (κ3) is 4.83. The fourth-order valence-corrected chi connectivity index (χ4v) is 4.99. The van der Waals surface area contributed by atoms with Crippen molar-refractivity contribution in [3.8, 4) is 11.1 Å². The van der Waals surface area contributed by atoms with Gasteiger partial charge in [0.15, 0.2) is 0 Å². The molecule has 39 heavy (non-hydrogen) atoms. The van der Waals surface area contributed by atoms with Crippen LogP contribution in [-0.2, 0) is 22.8 Å². The molecule has 1 spiro atoms. The molecule has 1 aromatic carbocycles. The van der Waals surface area contributed by atoms with Crippen molar-refractivity contribution in [3.05, 3.63) is 52.7 Å². The molecular weight excluding hydrogens is 515 g/mol. The highest BCUT2D eigenvalue weighted by Gasteiger charge is 2.61. The van der Waals surface area contributed by atoms with Crippen molar-refractivity contribution in [2.45, 2.75) is 57.9 Å². The Balaban J connectivity index is 1.49. The van der Waals surface area contributed by atoms with Crippen LogP contribution in [0.3, 0.4) is 0 Å². The summed E-state index contributed by atoms with van der Waals surface area (Å²) in [6.07, 6.45) is -0.795. The minimum absolute atomic E-state index is 0.144. The zero-order valence-electron chi connectivity index (χ0n) is 21.9. The van der Waals surface area contributed by atoms with Gasteiger partial charge in [0.25, 0.3) is 5.56 Å². The average molecular weight is 544 g/mol. The van der Waals surface area contributed by atoms with E-state index in [9.17, 15) is 27.6 Å². The molecule has 0 radical (unpaired) electrons. The predicted octanol–water partition coefficient (Wildman–Crippen LogP) is 4.74. The lowest BCUT2D eigenvalue weighted by atomic mass is 9.88. The highest BCUT2D eigenvalue weighted by molar-refractivity contribution is 6.00. The maximum atomic E-state index is 13.4. The van der Waals surface area contributed by atoms with E-state index >= 15 is 0 Å². The number of hydrogen-bond donors (Lipinski definition) is 1. The van der Waals surface area contributed by atoms with Crippen LogP contribution in [0, 0.1) is 5.41 Å². The number of fused-ring (bicyclic) bond motifs is 1. The Morgan fingerprint density at radius 2 is 1.77 bits per heavy atom. The third-order valence-corrected chi connectivity index (χ3v) is 7.16. The molecular formula is C27H28F3N5O4. The van der Waals surface area contributed by atoms with E-state index in [1.54, 1.807) is 20.8 Å². The number of pyridine rings is 1. The summed E-state index contributed by atoms with van der Waals surface area (Å²) in [5.41, 5.74) is -1.64. The van der Waals surface area contributed by atoms with Gasteiger partial charge >= 0.3 is 12.3 Å². The van der Waals surface area contributed by atoms with Crippen molar-refractivity contribution in [2.24, 2.45) is 12.5 Å². The molecule has 1 aliphatic carbocycles. The van der Waals surface area contributed by atoms with Gasteiger partial charge in [0, 0.05) is 31.4 Å². The number of alkyl halides is 3. The van der Waals surface area contributed by atoms with Crippen LogP contribution in [0.25, 0.3) is 22.0 Å². The highest BCUT2D eigenvalue weighted by Crippen LogP contribution is 2.54. The molecule has 5 rings (SSSR count). The summed E-state index contributed by atoms with van der Waals surface area (Å²) in [5, 5.41) is 3.44. The van der Waals surface area contributed by atoms with Gasteiger partial charge in [-0.2, -0.15) is 13.2 Å². The van der Waals surface area contributed by atoms with Crippen LogP contribution in [0.15, 0.2) is 41.6 Å². The number of hydrogen-bond acceptors (Lipinski definition) is 7. The SMILES string of the molecule is Cn1cnc2c(-c3ccc(C(F)(F)F)cc3)cnc(NC3CCN(C(=O)OC(C)(C)C)C(=O)C34CC4)c2c1=O. The number of benzene rings is 1. The largest absolute Gasteiger partial charge is 0.443 e. The smallest absolute Gasteiger partial charge is 0.417 e. The minimum Gasteiger partial charge on any atom is -0.443 e. The number of ether oxygens (including phenoxy) is 1. The van der Waals surface area contributed by atoms with E-state index in [0.717, 1.165) is 17.0 Å². The average Bonchev–Trinajstić information content (AvgIpc) is 3.65. The van der Waals surface area contributed by atoms with Gasteiger partial charge in [0.05, 0.1) is 22.8 Å². The molecule has 206 valence electrons. The van der Waals surface area contributed by atoms with E-state index < -0.39 is 34.4 Å². The van der Waals surface area contributed by atoms with Crippen LogP contribution < -0.4 is 10.9 Å². The Morgan fingerprint density at radius 1 is 1.10 bits per heavy atom. The topological polar surface area (TPSA) is 106 Å². The molecule has 2 aromatic heterocycles. The Morgan fingerprint density at radius 3 is 2.36 bits per heavy atom. The molecule has 1 N–H and O–H groups in total. The van der Waals surface area contributed by atoms with Crippen LogP contribution in [0.4, 0.5) is 23.8 Å². The maximum Gasteiger partial charge on any atom is 0.417 e. The van der Waals surface area contributed by atoms with Crippen molar-refractivity contribution in [2.75, 3.05) is 11.9 Å². The van der Waals surface area contributed by atoms with Gasteiger partial charge in [-0.3, -0.25) is 9.59 Å². The number of amides is 2. The number of aromatic nitrogens is 3. The molecule has 1 saturated heterocycles. The number of anilines is 1. The lowest BCUT2D eigenvalue weighted by Crippen LogP contribution is -2.55.